The fraction of sp³-hybridized carbons (Fsp3) is 0.467. The monoisotopic (exact) mass is 310 g/mol. The van der Waals surface area contributed by atoms with Gasteiger partial charge in [0.05, 0.1) is 11.4 Å². The first-order chi connectivity index (χ1) is 10.0. The third-order valence-electron chi connectivity index (χ3n) is 2.77. The number of sulfonamides is 1. The fourth-order valence-corrected chi connectivity index (χ4v) is 3.07. The molecular weight excluding hydrogens is 288 g/mol. The second kappa shape index (κ2) is 8.80. The number of nitrogens with two attached hydrogens (primary N) is 1. The zero-order chi connectivity index (χ0) is 15.7. The topological polar surface area (TPSA) is 81.4 Å². The quantitative estimate of drug-likeness (QED) is 0.582. The summed E-state index contributed by atoms with van der Waals surface area (Å²) in [7, 11) is -3.53. The van der Waals surface area contributed by atoms with E-state index in [9.17, 15) is 8.42 Å². The normalized spacial score (nSPS) is 11.0. The highest BCUT2D eigenvalue weighted by molar-refractivity contribution is 7.89. The van der Waals surface area contributed by atoms with Crippen LogP contribution in [0.25, 0.3) is 0 Å². The highest BCUT2D eigenvalue weighted by Gasteiger charge is 2.16. The first-order valence-corrected chi connectivity index (χ1v) is 8.36. The Morgan fingerprint density at radius 1 is 1.38 bits per heavy atom. The molecule has 3 N–H and O–H groups in total. The predicted octanol–water partition coefficient (Wildman–Crippen LogP) is 1.01. The van der Waals surface area contributed by atoms with Gasteiger partial charge in [-0.15, -0.1) is 0 Å². The van der Waals surface area contributed by atoms with E-state index in [0.717, 1.165) is 0 Å². The number of nitrogens with one attached hydrogen (secondary N) is 1. The van der Waals surface area contributed by atoms with E-state index in [4.69, 9.17) is 10.5 Å². The number of aryl methyl sites for hydroxylation is 1. The molecule has 0 saturated carbocycles. The van der Waals surface area contributed by atoms with Crippen LogP contribution in [0.3, 0.4) is 0 Å². The molecule has 0 aliphatic carbocycles. The van der Waals surface area contributed by atoms with Crippen LogP contribution in [0.4, 0.5) is 0 Å². The molecule has 0 atom stereocenters. The zero-order valence-electron chi connectivity index (χ0n) is 12.5. The number of hydrogen-bond donors (Lipinski definition) is 2. The Morgan fingerprint density at radius 2 is 2.14 bits per heavy atom. The standard InChI is InChI=1S/C15H22N2O3S/c1-3-20-11-5-10-17-21(18,19)15-12-14(6-4-9-16)8-7-13(15)2/h7-8,12,17H,3,5,9-11,16H2,1-2H3. The molecule has 116 valence electrons. The Kier molecular flexibility index (Phi) is 7.40. The van der Waals surface area contributed by atoms with Crippen molar-refractivity contribution in [2.24, 2.45) is 5.73 Å². The maximum Gasteiger partial charge on any atom is 0.240 e. The molecule has 0 aromatic heterocycles. The van der Waals surface area contributed by atoms with Gasteiger partial charge in [-0.3, -0.25) is 0 Å². The van der Waals surface area contributed by atoms with Crippen molar-refractivity contribution in [3.05, 3.63) is 29.3 Å². The van der Waals surface area contributed by atoms with E-state index >= 15 is 0 Å². The summed E-state index contributed by atoms with van der Waals surface area (Å²) >= 11 is 0. The van der Waals surface area contributed by atoms with Gasteiger partial charge < -0.3 is 10.5 Å². The molecule has 0 spiro atoms. The predicted molar refractivity (Wildman–Crippen MR) is 83.4 cm³/mol. The molecule has 1 aromatic rings. The minimum Gasteiger partial charge on any atom is -0.382 e. The first kappa shape index (κ1) is 17.7. The van der Waals surface area contributed by atoms with Crippen molar-refractivity contribution in [3.8, 4) is 11.8 Å². The molecule has 0 radical (unpaired) electrons. The summed E-state index contributed by atoms with van der Waals surface area (Å²) < 4.78 is 32.3. The van der Waals surface area contributed by atoms with Crippen LogP contribution in [-0.4, -0.2) is 34.7 Å². The molecule has 1 rings (SSSR count). The first-order valence-electron chi connectivity index (χ1n) is 6.88. The molecule has 0 bridgehead atoms. The Morgan fingerprint density at radius 3 is 2.81 bits per heavy atom. The minimum atomic E-state index is -3.53. The lowest BCUT2D eigenvalue weighted by atomic mass is 10.1. The summed E-state index contributed by atoms with van der Waals surface area (Å²) in [6, 6.07) is 5.10. The molecule has 0 amide bonds. The Labute approximate surface area is 126 Å². The Balaban J connectivity index is 2.82. The van der Waals surface area contributed by atoms with Crippen molar-refractivity contribution in [1.82, 2.24) is 4.72 Å². The average molecular weight is 310 g/mol. The summed E-state index contributed by atoms with van der Waals surface area (Å²) in [6.07, 6.45) is 0.638. The molecule has 0 aliphatic heterocycles. The largest absolute Gasteiger partial charge is 0.382 e. The zero-order valence-corrected chi connectivity index (χ0v) is 13.3. The van der Waals surface area contributed by atoms with Gasteiger partial charge >= 0.3 is 0 Å². The van der Waals surface area contributed by atoms with Gasteiger partial charge in [-0.05, 0) is 38.0 Å². The summed E-state index contributed by atoms with van der Waals surface area (Å²) in [5.74, 6) is 5.56. The summed E-state index contributed by atoms with van der Waals surface area (Å²) in [5.41, 5.74) is 6.65. The van der Waals surface area contributed by atoms with Crippen LogP contribution in [0.2, 0.25) is 0 Å². The molecule has 0 saturated heterocycles. The van der Waals surface area contributed by atoms with Gasteiger partial charge in [0.1, 0.15) is 0 Å². The summed E-state index contributed by atoms with van der Waals surface area (Å²) in [4.78, 5) is 0.253. The summed E-state index contributed by atoms with van der Waals surface area (Å²) in [6.45, 7) is 5.43. The number of hydrogen-bond acceptors (Lipinski definition) is 4. The van der Waals surface area contributed by atoms with E-state index in [1.165, 1.54) is 0 Å². The van der Waals surface area contributed by atoms with E-state index < -0.39 is 10.0 Å². The summed E-state index contributed by atoms with van der Waals surface area (Å²) in [5, 5.41) is 0. The molecule has 1 aromatic carbocycles. The van der Waals surface area contributed by atoms with Crippen LogP contribution in [0.15, 0.2) is 23.1 Å². The molecular formula is C15H22N2O3S. The van der Waals surface area contributed by atoms with Crippen molar-refractivity contribution in [2.45, 2.75) is 25.2 Å². The van der Waals surface area contributed by atoms with Crippen molar-refractivity contribution in [2.75, 3.05) is 26.3 Å². The van der Waals surface area contributed by atoms with Gasteiger partial charge in [-0.25, -0.2) is 13.1 Å². The smallest absolute Gasteiger partial charge is 0.240 e. The van der Waals surface area contributed by atoms with E-state index in [1.807, 2.05) is 6.92 Å². The Bertz CT molecular complexity index is 616. The van der Waals surface area contributed by atoms with Gasteiger partial charge in [-0.1, -0.05) is 17.9 Å². The number of rotatable bonds is 7. The maximum atomic E-state index is 12.3. The highest BCUT2D eigenvalue weighted by Crippen LogP contribution is 2.16. The second-order valence-corrected chi connectivity index (χ2v) is 6.17. The van der Waals surface area contributed by atoms with Gasteiger partial charge in [0, 0.05) is 25.3 Å². The van der Waals surface area contributed by atoms with Crippen molar-refractivity contribution < 1.29 is 13.2 Å². The van der Waals surface area contributed by atoms with Crippen molar-refractivity contribution in [3.63, 3.8) is 0 Å². The van der Waals surface area contributed by atoms with Crippen molar-refractivity contribution in [1.29, 1.82) is 0 Å². The van der Waals surface area contributed by atoms with E-state index in [-0.39, 0.29) is 11.4 Å². The van der Waals surface area contributed by atoms with E-state index in [1.54, 1.807) is 25.1 Å². The third-order valence-corrected chi connectivity index (χ3v) is 4.38. The third kappa shape index (κ3) is 5.86. The lowest BCUT2D eigenvalue weighted by molar-refractivity contribution is 0.146. The SMILES string of the molecule is CCOCCCNS(=O)(=O)c1cc(C#CCN)ccc1C. The van der Waals surface area contributed by atoms with Crippen LogP contribution in [0.1, 0.15) is 24.5 Å². The second-order valence-electron chi connectivity index (χ2n) is 4.43. The fourth-order valence-electron chi connectivity index (χ4n) is 1.72. The highest BCUT2D eigenvalue weighted by atomic mass is 32.2. The molecule has 5 nitrogen and oxygen atoms in total. The number of ether oxygens (including phenoxy) is 1. The Hall–Kier alpha value is -1.39. The molecule has 21 heavy (non-hydrogen) atoms. The van der Waals surface area contributed by atoms with Crippen LogP contribution >= 0.6 is 0 Å². The molecule has 0 fully saturated rings. The molecule has 0 unspecified atom stereocenters. The minimum absolute atomic E-state index is 0.242. The van der Waals surface area contributed by atoms with Crippen LogP contribution in [-0.2, 0) is 14.8 Å². The van der Waals surface area contributed by atoms with Crippen LogP contribution < -0.4 is 10.5 Å². The average Bonchev–Trinajstić information content (AvgIpc) is 2.46. The lowest BCUT2D eigenvalue weighted by Gasteiger charge is -2.10. The molecule has 0 aliphatic rings. The lowest BCUT2D eigenvalue weighted by Crippen LogP contribution is -2.26. The van der Waals surface area contributed by atoms with Crippen LogP contribution in [0, 0.1) is 18.8 Å². The van der Waals surface area contributed by atoms with E-state index in [2.05, 4.69) is 16.6 Å². The van der Waals surface area contributed by atoms with E-state index in [0.29, 0.717) is 37.3 Å². The molecule has 0 heterocycles. The van der Waals surface area contributed by atoms with Gasteiger partial charge in [0.15, 0.2) is 0 Å². The van der Waals surface area contributed by atoms with Gasteiger partial charge in [0.2, 0.25) is 10.0 Å². The number of benzene rings is 1. The van der Waals surface area contributed by atoms with Crippen molar-refractivity contribution >= 4 is 10.0 Å². The van der Waals surface area contributed by atoms with Gasteiger partial charge in [0.25, 0.3) is 0 Å². The van der Waals surface area contributed by atoms with Crippen LogP contribution in [0.5, 0.6) is 0 Å². The molecule has 6 heteroatoms. The maximum absolute atomic E-state index is 12.3. The van der Waals surface area contributed by atoms with Gasteiger partial charge in [-0.2, -0.15) is 0 Å².